The van der Waals surface area contributed by atoms with E-state index in [-0.39, 0.29) is 0 Å². The van der Waals surface area contributed by atoms with Crippen LogP contribution in [0, 0.1) is 11.3 Å². The molecule has 0 spiro atoms. The van der Waals surface area contributed by atoms with Crippen molar-refractivity contribution in [1.82, 2.24) is 0 Å². The maximum Gasteiger partial charge on any atom is -0.0191 e. The van der Waals surface area contributed by atoms with Gasteiger partial charge in [-0.2, -0.15) is 0 Å². The van der Waals surface area contributed by atoms with E-state index in [0.29, 0.717) is 5.41 Å². The first-order valence-electron chi connectivity index (χ1n) is 6.82. The fraction of sp³-hybridized carbons (Fsp3) is 0.750. The van der Waals surface area contributed by atoms with Gasteiger partial charge in [-0.3, -0.25) is 0 Å². The van der Waals surface area contributed by atoms with Crippen molar-refractivity contribution in [3.05, 3.63) is 23.3 Å². The molecule has 0 amide bonds. The van der Waals surface area contributed by atoms with Crippen molar-refractivity contribution in [1.29, 1.82) is 0 Å². The van der Waals surface area contributed by atoms with Gasteiger partial charge < -0.3 is 0 Å². The molecule has 0 aliphatic heterocycles. The summed E-state index contributed by atoms with van der Waals surface area (Å²) in [5.74, 6) is 0.743. The zero-order valence-corrected chi connectivity index (χ0v) is 12.4. The van der Waals surface area contributed by atoms with E-state index in [1.807, 2.05) is 13.8 Å². The largest absolute Gasteiger partial charge is 0.0841 e. The Hall–Kier alpha value is -0.520. The van der Waals surface area contributed by atoms with Gasteiger partial charge in [0.25, 0.3) is 0 Å². The van der Waals surface area contributed by atoms with Crippen molar-refractivity contribution in [2.75, 3.05) is 0 Å². The van der Waals surface area contributed by atoms with Gasteiger partial charge in [0, 0.05) is 0 Å². The Morgan fingerprint density at radius 3 is 2.12 bits per heavy atom. The summed E-state index contributed by atoms with van der Waals surface area (Å²) in [6.45, 7) is 15.5. The van der Waals surface area contributed by atoms with Gasteiger partial charge in [0.05, 0.1) is 0 Å². The third-order valence-electron chi connectivity index (χ3n) is 3.48. The van der Waals surface area contributed by atoms with Gasteiger partial charge >= 0.3 is 0 Å². The molecule has 1 aliphatic rings. The predicted octanol–water partition coefficient (Wildman–Crippen LogP) is 5.75. The Kier molecular flexibility index (Phi) is 6.71. The van der Waals surface area contributed by atoms with Crippen LogP contribution in [0.1, 0.15) is 67.7 Å². The third kappa shape index (κ3) is 4.15. The molecule has 1 unspecified atom stereocenters. The summed E-state index contributed by atoms with van der Waals surface area (Å²) in [6.07, 6.45) is 8.54. The molecule has 1 atom stereocenters. The number of hydrogen-bond acceptors (Lipinski definition) is 0. The fourth-order valence-electron chi connectivity index (χ4n) is 2.52. The van der Waals surface area contributed by atoms with Crippen LogP contribution in [0.4, 0.5) is 0 Å². The van der Waals surface area contributed by atoms with Crippen LogP contribution < -0.4 is 0 Å². The molecule has 0 bridgehead atoms. The fourth-order valence-corrected chi connectivity index (χ4v) is 2.52. The highest BCUT2D eigenvalue weighted by Crippen LogP contribution is 2.41. The highest BCUT2D eigenvalue weighted by Gasteiger charge is 2.27. The minimum atomic E-state index is 0.487. The van der Waals surface area contributed by atoms with Gasteiger partial charge in [-0.25, -0.2) is 0 Å². The molecule has 0 heteroatoms. The van der Waals surface area contributed by atoms with E-state index >= 15 is 0 Å². The van der Waals surface area contributed by atoms with Crippen molar-refractivity contribution in [3.63, 3.8) is 0 Å². The Balaban J connectivity index is 0.00000106. The summed E-state index contributed by atoms with van der Waals surface area (Å²) in [7, 11) is 0. The van der Waals surface area contributed by atoms with Gasteiger partial charge in [0.1, 0.15) is 0 Å². The smallest absolute Gasteiger partial charge is 0.0191 e. The first-order chi connectivity index (χ1) is 7.50. The lowest BCUT2D eigenvalue weighted by atomic mass is 9.83. The molecule has 0 aromatic heterocycles. The van der Waals surface area contributed by atoms with Crippen LogP contribution in [0.2, 0.25) is 0 Å². The second-order valence-corrected chi connectivity index (χ2v) is 5.34. The number of rotatable bonds is 0. The molecule has 94 valence electrons. The summed E-state index contributed by atoms with van der Waals surface area (Å²) in [5, 5.41) is 0. The van der Waals surface area contributed by atoms with Crippen LogP contribution in [-0.2, 0) is 0 Å². The van der Waals surface area contributed by atoms with Gasteiger partial charge in [0.2, 0.25) is 0 Å². The Morgan fingerprint density at radius 1 is 1.12 bits per heavy atom. The molecular formula is C16H30. The van der Waals surface area contributed by atoms with Crippen molar-refractivity contribution in [2.24, 2.45) is 11.3 Å². The summed E-state index contributed by atoms with van der Waals surface area (Å²) in [4.78, 5) is 0. The van der Waals surface area contributed by atoms with E-state index in [1.165, 1.54) is 19.3 Å². The summed E-state index contributed by atoms with van der Waals surface area (Å²) in [6, 6.07) is 0. The number of hydrogen-bond donors (Lipinski definition) is 0. The lowest BCUT2D eigenvalue weighted by Gasteiger charge is -2.22. The van der Waals surface area contributed by atoms with Gasteiger partial charge in [-0.05, 0) is 55.6 Å². The lowest BCUT2D eigenvalue weighted by Crippen LogP contribution is -2.09. The van der Waals surface area contributed by atoms with Crippen molar-refractivity contribution in [3.8, 4) is 0 Å². The molecule has 1 aliphatic carbocycles. The molecular weight excluding hydrogens is 192 g/mol. The second kappa shape index (κ2) is 6.93. The summed E-state index contributed by atoms with van der Waals surface area (Å²) in [5.41, 5.74) is 3.64. The zero-order valence-electron chi connectivity index (χ0n) is 12.4. The first-order valence-corrected chi connectivity index (χ1v) is 6.82. The molecule has 0 aromatic rings. The zero-order chi connectivity index (χ0) is 12.8. The molecule has 0 radical (unpaired) electrons. The summed E-state index contributed by atoms with van der Waals surface area (Å²) >= 11 is 0. The van der Waals surface area contributed by atoms with Gasteiger partial charge in [0.15, 0.2) is 0 Å². The van der Waals surface area contributed by atoms with Crippen LogP contribution in [-0.4, -0.2) is 0 Å². The van der Waals surface area contributed by atoms with Gasteiger partial charge in [-0.1, -0.05) is 46.8 Å². The molecule has 0 heterocycles. The predicted molar refractivity (Wildman–Crippen MR) is 75.7 cm³/mol. The quantitative estimate of drug-likeness (QED) is 0.458. The highest BCUT2D eigenvalue weighted by atomic mass is 14.3. The maximum absolute atomic E-state index is 2.39. The Bertz CT molecular complexity index is 253. The molecule has 1 fully saturated rings. The van der Waals surface area contributed by atoms with E-state index < -0.39 is 0 Å². The Morgan fingerprint density at radius 2 is 1.69 bits per heavy atom. The molecule has 16 heavy (non-hydrogen) atoms. The van der Waals surface area contributed by atoms with Crippen LogP contribution in [0.25, 0.3) is 0 Å². The molecule has 0 nitrogen and oxygen atoms in total. The van der Waals surface area contributed by atoms with Crippen molar-refractivity contribution in [2.45, 2.75) is 67.7 Å². The Labute approximate surface area is 103 Å². The normalized spacial score (nSPS) is 29.6. The van der Waals surface area contributed by atoms with E-state index in [9.17, 15) is 0 Å². The first kappa shape index (κ1) is 15.5. The van der Waals surface area contributed by atoms with Gasteiger partial charge in [-0.15, -0.1) is 0 Å². The average molecular weight is 222 g/mol. The van der Waals surface area contributed by atoms with E-state index in [2.05, 4.69) is 46.8 Å². The van der Waals surface area contributed by atoms with Crippen LogP contribution >= 0.6 is 0 Å². The third-order valence-corrected chi connectivity index (χ3v) is 3.48. The number of allylic oxidation sites excluding steroid dienone is 4. The summed E-state index contributed by atoms with van der Waals surface area (Å²) < 4.78 is 0. The van der Waals surface area contributed by atoms with Crippen molar-refractivity contribution < 1.29 is 0 Å². The minimum absolute atomic E-state index is 0.487. The topological polar surface area (TPSA) is 0 Å². The van der Waals surface area contributed by atoms with Crippen LogP contribution in [0.3, 0.4) is 0 Å². The SMILES string of the molecule is C/C=C1/CC(C)(C)CCC(C)/C1=C/C.CC. The maximum atomic E-state index is 2.39. The average Bonchev–Trinajstić information content (AvgIpc) is 2.39. The minimum Gasteiger partial charge on any atom is -0.0841 e. The molecule has 0 N–H and O–H groups in total. The van der Waals surface area contributed by atoms with E-state index in [0.717, 1.165) is 5.92 Å². The van der Waals surface area contributed by atoms with Crippen LogP contribution in [0.5, 0.6) is 0 Å². The second-order valence-electron chi connectivity index (χ2n) is 5.34. The van der Waals surface area contributed by atoms with E-state index in [1.54, 1.807) is 11.1 Å². The van der Waals surface area contributed by atoms with Crippen LogP contribution in [0.15, 0.2) is 23.3 Å². The van der Waals surface area contributed by atoms with Crippen molar-refractivity contribution >= 4 is 0 Å². The lowest BCUT2D eigenvalue weighted by molar-refractivity contribution is 0.325. The molecule has 0 aromatic carbocycles. The monoisotopic (exact) mass is 222 g/mol. The van der Waals surface area contributed by atoms with E-state index in [4.69, 9.17) is 0 Å². The molecule has 1 saturated carbocycles. The highest BCUT2D eigenvalue weighted by molar-refractivity contribution is 5.33. The molecule has 1 rings (SSSR count). The molecule has 0 saturated heterocycles. The standard InChI is InChI=1S/C14H24.C2H6/c1-6-12-10-14(4,5)9-8-11(3)13(12)7-2;1-2/h6-7,11H,8-10H2,1-5H3;1-2H3/b12-6-,13-7-;.